The molecule has 35 heavy (non-hydrogen) atoms. The Labute approximate surface area is 197 Å². The minimum absolute atomic E-state index is 0.0229. The molecule has 11 heteroatoms. The monoisotopic (exact) mass is 487 g/mol. The van der Waals surface area contributed by atoms with Crippen molar-refractivity contribution in [2.24, 2.45) is 0 Å². The van der Waals surface area contributed by atoms with E-state index in [4.69, 9.17) is 5.41 Å². The van der Waals surface area contributed by atoms with E-state index in [1.54, 1.807) is 6.92 Å². The first-order valence-corrected chi connectivity index (χ1v) is 10.5. The molecule has 0 radical (unpaired) electrons. The van der Waals surface area contributed by atoms with Crippen molar-refractivity contribution in [3.05, 3.63) is 83.2 Å². The maximum absolute atomic E-state index is 14.6. The van der Waals surface area contributed by atoms with Gasteiger partial charge in [0, 0.05) is 41.5 Å². The number of rotatable bonds is 7. The van der Waals surface area contributed by atoms with E-state index in [1.807, 2.05) is 0 Å². The normalized spacial score (nSPS) is 13.6. The fourth-order valence-corrected chi connectivity index (χ4v) is 4.02. The lowest BCUT2D eigenvalue weighted by atomic mass is 9.85. The molecule has 0 aliphatic carbocycles. The number of nitrogens with one attached hydrogen (secondary N) is 2. The number of halogens is 4. The SMILES string of the molecule is Cc1ncnc2c(C(O)(c3ccc(Nc4ccc(F)cc4)c(C=N)c3)C(F)(F)F)cn(CCO)c12. The summed E-state index contributed by atoms with van der Waals surface area (Å²) < 4.78 is 58.2. The zero-order valence-corrected chi connectivity index (χ0v) is 18.4. The third kappa shape index (κ3) is 4.24. The fourth-order valence-electron chi connectivity index (χ4n) is 4.02. The fraction of sp³-hybridized carbons (Fsp3) is 0.208. The standard InChI is InChI=1S/C24H21F4N5O2/c1-14-22-21(31-13-30-14)19(12-33(22)8-9-34)23(35,24(26,27)28)16-2-7-20(15(10-16)11-29)32-18-5-3-17(25)4-6-18/h2-7,10-13,29,32,34-35H,8-9H2,1H3. The molecule has 7 nitrogen and oxygen atoms in total. The molecule has 2 aromatic heterocycles. The number of benzene rings is 2. The zero-order valence-electron chi connectivity index (χ0n) is 18.4. The second-order valence-corrected chi connectivity index (χ2v) is 7.90. The van der Waals surface area contributed by atoms with Crippen LogP contribution in [0.4, 0.5) is 28.9 Å². The van der Waals surface area contributed by atoms with Gasteiger partial charge >= 0.3 is 6.18 Å². The quantitative estimate of drug-likeness (QED) is 0.228. The smallest absolute Gasteiger partial charge is 0.395 e. The Balaban J connectivity index is 1.89. The number of nitrogens with zero attached hydrogens (tertiary/aromatic N) is 3. The first-order valence-electron chi connectivity index (χ1n) is 10.5. The van der Waals surface area contributed by atoms with E-state index in [0.29, 0.717) is 17.1 Å². The number of hydrogen-bond acceptors (Lipinski definition) is 6. The largest absolute Gasteiger partial charge is 0.425 e. The average molecular weight is 487 g/mol. The van der Waals surface area contributed by atoms with Crippen LogP contribution in [0.3, 0.4) is 0 Å². The lowest BCUT2D eigenvalue weighted by molar-refractivity contribution is -0.248. The van der Waals surface area contributed by atoms with E-state index >= 15 is 0 Å². The summed E-state index contributed by atoms with van der Waals surface area (Å²) in [7, 11) is 0. The summed E-state index contributed by atoms with van der Waals surface area (Å²) in [4.78, 5) is 8.04. The second kappa shape index (κ2) is 9.08. The molecule has 4 rings (SSSR count). The highest BCUT2D eigenvalue weighted by Crippen LogP contribution is 2.47. The molecule has 4 N–H and O–H groups in total. The topological polar surface area (TPSA) is 107 Å². The van der Waals surface area contributed by atoms with Gasteiger partial charge in [-0.05, 0) is 48.9 Å². The lowest BCUT2D eigenvalue weighted by Gasteiger charge is -2.31. The van der Waals surface area contributed by atoms with Crippen molar-refractivity contribution in [2.75, 3.05) is 11.9 Å². The average Bonchev–Trinajstić information content (AvgIpc) is 3.20. The van der Waals surface area contributed by atoms with Crippen molar-refractivity contribution in [3.8, 4) is 0 Å². The minimum Gasteiger partial charge on any atom is -0.395 e. The van der Waals surface area contributed by atoms with Crippen molar-refractivity contribution in [1.29, 1.82) is 5.41 Å². The Morgan fingerprint density at radius 1 is 1.11 bits per heavy atom. The summed E-state index contributed by atoms with van der Waals surface area (Å²) in [6.07, 6.45) is -2.08. The van der Waals surface area contributed by atoms with Crippen LogP contribution in [-0.4, -0.2) is 43.7 Å². The lowest BCUT2D eigenvalue weighted by Crippen LogP contribution is -2.43. The maximum atomic E-state index is 14.6. The van der Waals surface area contributed by atoms with Crippen LogP contribution in [0.5, 0.6) is 0 Å². The zero-order chi connectivity index (χ0) is 25.4. The van der Waals surface area contributed by atoms with Gasteiger partial charge in [-0.15, -0.1) is 0 Å². The predicted molar refractivity (Wildman–Crippen MR) is 122 cm³/mol. The number of aromatic nitrogens is 3. The summed E-state index contributed by atoms with van der Waals surface area (Å²) in [6.45, 7) is 1.23. The Kier molecular flexibility index (Phi) is 6.30. The van der Waals surface area contributed by atoms with Crippen molar-refractivity contribution < 1.29 is 27.8 Å². The minimum atomic E-state index is -5.16. The number of anilines is 2. The van der Waals surface area contributed by atoms with E-state index in [-0.39, 0.29) is 29.7 Å². The first-order chi connectivity index (χ1) is 16.6. The summed E-state index contributed by atoms with van der Waals surface area (Å²) >= 11 is 0. The summed E-state index contributed by atoms with van der Waals surface area (Å²) in [6, 6.07) is 8.81. The van der Waals surface area contributed by atoms with Gasteiger partial charge in [0.1, 0.15) is 12.1 Å². The Morgan fingerprint density at radius 3 is 2.46 bits per heavy atom. The van der Waals surface area contributed by atoms with Gasteiger partial charge < -0.3 is 25.5 Å². The van der Waals surface area contributed by atoms with Crippen LogP contribution in [0.25, 0.3) is 11.0 Å². The highest BCUT2D eigenvalue weighted by molar-refractivity contribution is 5.88. The second-order valence-electron chi connectivity index (χ2n) is 7.90. The third-order valence-corrected chi connectivity index (χ3v) is 5.72. The maximum Gasteiger partial charge on any atom is 0.425 e. The Morgan fingerprint density at radius 2 is 1.83 bits per heavy atom. The van der Waals surface area contributed by atoms with Gasteiger partial charge in [0.2, 0.25) is 5.60 Å². The van der Waals surface area contributed by atoms with Crippen LogP contribution < -0.4 is 5.32 Å². The molecule has 0 aliphatic heterocycles. The van der Waals surface area contributed by atoms with Gasteiger partial charge in [-0.2, -0.15) is 13.2 Å². The van der Waals surface area contributed by atoms with Gasteiger partial charge in [0.05, 0.1) is 23.3 Å². The Hall–Kier alpha value is -3.83. The van der Waals surface area contributed by atoms with Gasteiger partial charge in [0.25, 0.3) is 0 Å². The van der Waals surface area contributed by atoms with Crippen LogP contribution in [0, 0.1) is 18.2 Å². The first kappa shape index (κ1) is 24.3. The summed E-state index contributed by atoms with van der Waals surface area (Å²) in [5.74, 6) is -0.451. The summed E-state index contributed by atoms with van der Waals surface area (Å²) in [5.41, 5.74) is -3.14. The number of fused-ring (bicyclic) bond motifs is 1. The Bertz CT molecular complexity index is 1390. The van der Waals surface area contributed by atoms with Gasteiger partial charge in [-0.3, -0.25) is 0 Å². The van der Waals surface area contributed by atoms with Gasteiger partial charge in [0.15, 0.2) is 0 Å². The van der Waals surface area contributed by atoms with E-state index < -0.39 is 28.7 Å². The van der Waals surface area contributed by atoms with Crippen LogP contribution in [-0.2, 0) is 12.1 Å². The number of hydrogen-bond donors (Lipinski definition) is 4. The van der Waals surface area contributed by atoms with Gasteiger partial charge in [-0.1, -0.05) is 6.07 Å². The van der Waals surface area contributed by atoms with E-state index in [1.165, 1.54) is 34.9 Å². The van der Waals surface area contributed by atoms with Crippen molar-refractivity contribution in [1.82, 2.24) is 14.5 Å². The highest BCUT2D eigenvalue weighted by atomic mass is 19.4. The number of aliphatic hydroxyl groups is 2. The molecule has 0 saturated heterocycles. The molecule has 0 aliphatic rings. The number of aliphatic hydroxyl groups excluding tert-OH is 1. The molecule has 0 fully saturated rings. The molecule has 4 aromatic rings. The highest BCUT2D eigenvalue weighted by Gasteiger charge is 2.58. The number of alkyl halides is 3. The molecular formula is C24H21F4N5O2. The molecule has 182 valence electrons. The van der Waals surface area contributed by atoms with Crippen LogP contribution in [0.15, 0.2) is 55.0 Å². The van der Waals surface area contributed by atoms with E-state index in [2.05, 4.69) is 15.3 Å². The molecule has 2 aromatic carbocycles. The molecule has 0 bridgehead atoms. The molecule has 0 spiro atoms. The van der Waals surface area contributed by atoms with Crippen molar-refractivity contribution >= 4 is 28.6 Å². The molecule has 1 atom stereocenters. The molecule has 1 unspecified atom stereocenters. The van der Waals surface area contributed by atoms with Crippen LogP contribution in [0.1, 0.15) is 22.4 Å². The molecule has 0 amide bonds. The van der Waals surface area contributed by atoms with E-state index in [9.17, 15) is 27.8 Å². The predicted octanol–water partition coefficient (Wildman–Crippen LogP) is 4.41. The van der Waals surface area contributed by atoms with Crippen molar-refractivity contribution in [3.63, 3.8) is 0 Å². The van der Waals surface area contributed by atoms with Crippen LogP contribution in [0.2, 0.25) is 0 Å². The molecular weight excluding hydrogens is 466 g/mol. The van der Waals surface area contributed by atoms with Crippen LogP contribution >= 0.6 is 0 Å². The number of aryl methyl sites for hydroxylation is 1. The van der Waals surface area contributed by atoms with E-state index in [0.717, 1.165) is 30.9 Å². The summed E-state index contributed by atoms with van der Waals surface area (Å²) in [5, 5.41) is 31.3. The van der Waals surface area contributed by atoms with Gasteiger partial charge in [-0.25, -0.2) is 14.4 Å². The molecule has 0 saturated carbocycles. The van der Waals surface area contributed by atoms with Crippen molar-refractivity contribution in [2.45, 2.75) is 25.2 Å². The third-order valence-electron chi connectivity index (χ3n) is 5.72. The molecule has 2 heterocycles.